The van der Waals surface area contributed by atoms with E-state index in [1.807, 2.05) is 6.92 Å². The Labute approximate surface area is 125 Å². The summed E-state index contributed by atoms with van der Waals surface area (Å²) in [6.45, 7) is 6.49. The van der Waals surface area contributed by atoms with Gasteiger partial charge in [-0.25, -0.2) is 4.98 Å². The Balaban J connectivity index is 2.23. The fourth-order valence-electron chi connectivity index (χ4n) is 2.33. The Kier molecular flexibility index (Phi) is 5.43. The van der Waals surface area contributed by atoms with Crippen LogP contribution in [0.2, 0.25) is 5.02 Å². The number of ether oxygens (including phenoxy) is 1. The molecule has 0 bridgehead atoms. The third-order valence-corrected chi connectivity index (χ3v) is 3.93. The predicted octanol–water partition coefficient (Wildman–Crippen LogP) is 2.81. The molecule has 0 saturated heterocycles. The molecule has 0 spiro atoms. The fourth-order valence-corrected chi connectivity index (χ4v) is 2.53. The number of nitrogens with zero attached hydrogens (tertiary/aromatic N) is 3. The van der Waals surface area contributed by atoms with Gasteiger partial charge < -0.3 is 15.0 Å². The van der Waals surface area contributed by atoms with E-state index in [-0.39, 0.29) is 0 Å². The molecule has 2 rings (SSSR count). The molecular formula is C14H23ClN4O. The van der Waals surface area contributed by atoms with Crippen LogP contribution in [0.15, 0.2) is 6.20 Å². The normalized spacial score (nSPS) is 16.0. The van der Waals surface area contributed by atoms with Gasteiger partial charge in [0.2, 0.25) is 5.95 Å². The highest BCUT2D eigenvalue weighted by molar-refractivity contribution is 6.32. The first kappa shape index (κ1) is 15.3. The maximum Gasteiger partial charge on any atom is 0.224 e. The Morgan fingerprint density at radius 3 is 2.90 bits per heavy atom. The van der Waals surface area contributed by atoms with Gasteiger partial charge in [0.1, 0.15) is 5.02 Å². The molecule has 5 nitrogen and oxygen atoms in total. The van der Waals surface area contributed by atoms with Gasteiger partial charge in [-0.05, 0) is 32.6 Å². The van der Waals surface area contributed by atoms with E-state index in [1.165, 1.54) is 12.8 Å². The molecule has 1 fully saturated rings. The van der Waals surface area contributed by atoms with Crippen LogP contribution in [0.3, 0.4) is 0 Å². The van der Waals surface area contributed by atoms with Gasteiger partial charge in [-0.1, -0.05) is 11.6 Å². The zero-order valence-corrected chi connectivity index (χ0v) is 13.2. The third-order valence-electron chi connectivity index (χ3n) is 3.66. The summed E-state index contributed by atoms with van der Waals surface area (Å²) >= 11 is 6.30. The third kappa shape index (κ3) is 3.73. The summed E-state index contributed by atoms with van der Waals surface area (Å²) in [4.78, 5) is 11.0. The monoisotopic (exact) mass is 298 g/mol. The average Bonchev–Trinajstić information content (AvgIpc) is 3.27. The van der Waals surface area contributed by atoms with Crippen molar-refractivity contribution in [3.63, 3.8) is 0 Å². The second kappa shape index (κ2) is 7.09. The summed E-state index contributed by atoms with van der Waals surface area (Å²) in [5.74, 6) is 2.16. The van der Waals surface area contributed by atoms with E-state index in [9.17, 15) is 0 Å². The van der Waals surface area contributed by atoms with Crippen LogP contribution in [0.1, 0.15) is 26.7 Å². The molecule has 6 heteroatoms. The van der Waals surface area contributed by atoms with Crippen molar-refractivity contribution in [2.45, 2.75) is 32.7 Å². The van der Waals surface area contributed by atoms with Gasteiger partial charge in [-0.3, -0.25) is 0 Å². The number of aromatic nitrogens is 2. The zero-order chi connectivity index (χ0) is 14.5. The lowest BCUT2D eigenvalue weighted by Crippen LogP contribution is -2.38. The van der Waals surface area contributed by atoms with Gasteiger partial charge in [0.15, 0.2) is 5.82 Å². The van der Waals surface area contributed by atoms with Gasteiger partial charge in [-0.2, -0.15) is 4.98 Å². The molecule has 0 aliphatic heterocycles. The lowest BCUT2D eigenvalue weighted by Gasteiger charge is -2.31. The number of hydrogen-bond donors (Lipinski definition) is 1. The van der Waals surface area contributed by atoms with E-state index < -0.39 is 0 Å². The largest absolute Gasteiger partial charge is 0.383 e. The molecule has 1 heterocycles. The molecule has 112 valence electrons. The number of nitrogens with one attached hydrogen (secondary N) is 1. The summed E-state index contributed by atoms with van der Waals surface area (Å²) in [5, 5.41) is 3.72. The summed E-state index contributed by atoms with van der Waals surface area (Å²) < 4.78 is 5.22. The second-order valence-corrected chi connectivity index (χ2v) is 5.57. The molecule has 1 aromatic rings. The van der Waals surface area contributed by atoms with Crippen molar-refractivity contribution in [1.82, 2.24) is 9.97 Å². The van der Waals surface area contributed by atoms with Crippen LogP contribution in [0.5, 0.6) is 0 Å². The summed E-state index contributed by atoms with van der Waals surface area (Å²) in [7, 11) is 1.71. The van der Waals surface area contributed by atoms with Gasteiger partial charge in [0.05, 0.1) is 12.8 Å². The predicted molar refractivity (Wildman–Crippen MR) is 82.6 cm³/mol. The first-order valence-electron chi connectivity index (χ1n) is 7.19. The van der Waals surface area contributed by atoms with E-state index in [2.05, 4.69) is 27.1 Å². The highest BCUT2D eigenvalue weighted by Crippen LogP contribution is 2.38. The molecule has 0 radical (unpaired) electrons. The minimum atomic E-state index is 0.423. The van der Waals surface area contributed by atoms with E-state index >= 15 is 0 Å². The van der Waals surface area contributed by atoms with Crippen LogP contribution >= 0.6 is 11.6 Å². The molecule has 1 aliphatic carbocycles. The minimum Gasteiger partial charge on any atom is -0.383 e. The SMILES string of the molecule is CCNc1ncc(Cl)c(N(CCOC)C(C)C2CC2)n1. The van der Waals surface area contributed by atoms with Gasteiger partial charge in [-0.15, -0.1) is 0 Å². The average molecular weight is 299 g/mol. The number of hydrogen-bond acceptors (Lipinski definition) is 5. The van der Waals surface area contributed by atoms with E-state index in [0.29, 0.717) is 23.6 Å². The molecule has 1 aliphatic rings. The zero-order valence-electron chi connectivity index (χ0n) is 12.4. The Bertz CT molecular complexity index is 439. The maximum absolute atomic E-state index is 6.30. The molecule has 1 unspecified atom stereocenters. The Morgan fingerprint density at radius 1 is 1.55 bits per heavy atom. The summed E-state index contributed by atoms with van der Waals surface area (Å²) in [6.07, 6.45) is 4.24. The lowest BCUT2D eigenvalue weighted by atomic mass is 10.2. The number of rotatable bonds is 8. The molecular weight excluding hydrogens is 276 g/mol. The molecule has 20 heavy (non-hydrogen) atoms. The van der Waals surface area contributed by atoms with E-state index in [4.69, 9.17) is 16.3 Å². The number of methoxy groups -OCH3 is 1. The van der Waals surface area contributed by atoms with Gasteiger partial charge in [0, 0.05) is 26.2 Å². The molecule has 1 N–H and O–H groups in total. The first-order valence-corrected chi connectivity index (χ1v) is 7.57. The molecule has 1 saturated carbocycles. The van der Waals surface area contributed by atoms with Crippen LogP contribution in [0, 0.1) is 5.92 Å². The number of halogens is 1. The fraction of sp³-hybridized carbons (Fsp3) is 0.714. The number of anilines is 2. The Morgan fingerprint density at radius 2 is 2.30 bits per heavy atom. The highest BCUT2D eigenvalue weighted by atomic mass is 35.5. The van der Waals surface area contributed by atoms with Crippen molar-refractivity contribution in [3.05, 3.63) is 11.2 Å². The molecule has 1 atom stereocenters. The quantitative estimate of drug-likeness (QED) is 0.800. The van der Waals surface area contributed by atoms with Crippen molar-refractivity contribution in [3.8, 4) is 0 Å². The standard InChI is InChI=1S/C14H23ClN4O/c1-4-16-14-17-9-12(15)13(18-14)19(7-8-20-3)10(2)11-5-6-11/h9-11H,4-8H2,1-3H3,(H,16,17,18). The van der Waals surface area contributed by atoms with Crippen LogP contribution in [-0.4, -0.2) is 42.8 Å². The van der Waals surface area contributed by atoms with E-state index in [1.54, 1.807) is 13.3 Å². The van der Waals surface area contributed by atoms with Crippen LogP contribution in [-0.2, 0) is 4.74 Å². The van der Waals surface area contributed by atoms with Crippen molar-refractivity contribution in [1.29, 1.82) is 0 Å². The van der Waals surface area contributed by atoms with Crippen LogP contribution in [0.25, 0.3) is 0 Å². The van der Waals surface area contributed by atoms with Gasteiger partial charge in [0.25, 0.3) is 0 Å². The van der Waals surface area contributed by atoms with Crippen molar-refractivity contribution >= 4 is 23.4 Å². The maximum atomic E-state index is 6.30. The second-order valence-electron chi connectivity index (χ2n) is 5.16. The molecule has 0 aromatic carbocycles. The Hall–Kier alpha value is -1.07. The van der Waals surface area contributed by atoms with Crippen LogP contribution in [0.4, 0.5) is 11.8 Å². The molecule has 1 aromatic heterocycles. The summed E-state index contributed by atoms with van der Waals surface area (Å²) in [5.41, 5.74) is 0. The van der Waals surface area contributed by atoms with Crippen LogP contribution < -0.4 is 10.2 Å². The summed E-state index contributed by atoms with van der Waals surface area (Å²) in [6, 6.07) is 0.423. The van der Waals surface area contributed by atoms with Gasteiger partial charge >= 0.3 is 0 Å². The van der Waals surface area contributed by atoms with Crippen molar-refractivity contribution in [2.24, 2.45) is 5.92 Å². The van der Waals surface area contributed by atoms with Crippen molar-refractivity contribution < 1.29 is 4.74 Å². The first-order chi connectivity index (χ1) is 9.67. The topological polar surface area (TPSA) is 50.3 Å². The lowest BCUT2D eigenvalue weighted by molar-refractivity contribution is 0.202. The highest BCUT2D eigenvalue weighted by Gasteiger charge is 2.33. The van der Waals surface area contributed by atoms with Crippen molar-refractivity contribution in [2.75, 3.05) is 37.0 Å². The minimum absolute atomic E-state index is 0.423. The van der Waals surface area contributed by atoms with E-state index in [0.717, 1.165) is 24.8 Å². The molecule has 0 amide bonds. The smallest absolute Gasteiger partial charge is 0.224 e.